The lowest BCUT2D eigenvalue weighted by molar-refractivity contribution is 0.403. The maximum atomic E-state index is 5.37. The zero-order chi connectivity index (χ0) is 9.97. The number of benzene rings is 1. The zero-order valence-corrected chi connectivity index (χ0v) is 9.80. The molecule has 1 aliphatic rings. The highest BCUT2D eigenvalue weighted by molar-refractivity contribution is 9.10. The molecule has 1 atom stereocenters. The quantitative estimate of drug-likeness (QED) is 0.878. The van der Waals surface area contributed by atoms with Crippen molar-refractivity contribution in [2.75, 3.05) is 13.7 Å². The Labute approximate surface area is 92.8 Å². The number of ether oxygens (including phenoxy) is 1. The summed E-state index contributed by atoms with van der Waals surface area (Å²) in [5.74, 6) is 0.971. The van der Waals surface area contributed by atoms with Crippen molar-refractivity contribution in [3.8, 4) is 5.75 Å². The second-order valence-corrected chi connectivity index (χ2v) is 4.45. The fourth-order valence-corrected chi connectivity index (χ4v) is 2.26. The van der Waals surface area contributed by atoms with E-state index >= 15 is 0 Å². The normalized spacial score (nSPS) is 21.1. The zero-order valence-electron chi connectivity index (χ0n) is 8.22. The highest BCUT2D eigenvalue weighted by Gasteiger charge is 2.19. The van der Waals surface area contributed by atoms with Crippen LogP contribution in [0.1, 0.15) is 24.4 Å². The van der Waals surface area contributed by atoms with Gasteiger partial charge in [0.1, 0.15) is 5.75 Å². The Kier molecular flexibility index (Phi) is 3.08. The van der Waals surface area contributed by atoms with Crippen molar-refractivity contribution >= 4 is 15.9 Å². The third-order valence-electron chi connectivity index (χ3n) is 2.63. The van der Waals surface area contributed by atoms with Crippen LogP contribution in [-0.4, -0.2) is 13.7 Å². The molecule has 1 heterocycles. The summed E-state index contributed by atoms with van der Waals surface area (Å²) >= 11 is 3.45. The van der Waals surface area contributed by atoms with Gasteiger partial charge in [-0.3, -0.25) is 0 Å². The molecule has 1 aromatic rings. The van der Waals surface area contributed by atoms with Crippen LogP contribution in [0, 0.1) is 0 Å². The van der Waals surface area contributed by atoms with Gasteiger partial charge in [0.2, 0.25) is 0 Å². The van der Waals surface area contributed by atoms with Gasteiger partial charge in [0, 0.05) is 16.1 Å². The minimum absolute atomic E-state index is 0.470. The molecular weight excluding hydrogens is 242 g/mol. The van der Waals surface area contributed by atoms with E-state index in [4.69, 9.17) is 4.74 Å². The van der Waals surface area contributed by atoms with E-state index in [1.165, 1.54) is 18.4 Å². The second kappa shape index (κ2) is 4.32. The summed E-state index contributed by atoms with van der Waals surface area (Å²) in [6.07, 6.45) is 2.46. The number of halogens is 1. The van der Waals surface area contributed by atoms with Gasteiger partial charge in [-0.1, -0.05) is 22.0 Å². The monoisotopic (exact) mass is 255 g/mol. The fourth-order valence-electron chi connectivity index (χ4n) is 1.92. The summed E-state index contributed by atoms with van der Waals surface area (Å²) in [4.78, 5) is 0. The number of hydrogen-bond donors (Lipinski definition) is 1. The van der Waals surface area contributed by atoms with Gasteiger partial charge in [-0.05, 0) is 31.5 Å². The van der Waals surface area contributed by atoms with E-state index in [0.29, 0.717) is 6.04 Å². The third-order valence-corrected chi connectivity index (χ3v) is 3.12. The Bertz CT molecular complexity index is 321. The number of methoxy groups -OCH3 is 1. The first-order chi connectivity index (χ1) is 6.81. The van der Waals surface area contributed by atoms with E-state index in [-0.39, 0.29) is 0 Å². The minimum atomic E-state index is 0.470. The van der Waals surface area contributed by atoms with Crippen LogP contribution in [0.5, 0.6) is 5.75 Å². The van der Waals surface area contributed by atoms with Gasteiger partial charge in [0.05, 0.1) is 7.11 Å². The predicted octanol–water partition coefficient (Wildman–Crippen LogP) is 2.88. The van der Waals surface area contributed by atoms with Crippen LogP contribution in [0.25, 0.3) is 0 Å². The number of rotatable bonds is 2. The summed E-state index contributed by atoms with van der Waals surface area (Å²) < 4.78 is 6.43. The molecule has 1 saturated heterocycles. The van der Waals surface area contributed by atoms with E-state index in [9.17, 15) is 0 Å². The molecule has 14 heavy (non-hydrogen) atoms. The Morgan fingerprint density at radius 1 is 1.50 bits per heavy atom. The van der Waals surface area contributed by atoms with Crippen molar-refractivity contribution in [3.63, 3.8) is 0 Å². The topological polar surface area (TPSA) is 21.3 Å². The molecular formula is C11H14BrNO. The molecule has 2 rings (SSSR count). The second-order valence-electron chi connectivity index (χ2n) is 3.54. The van der Waals surface area contributed by atoms with Gasteiger partial charge in [-0.15, -0.1) is 0 Å². The molecule has 0 aromatic heterocycles. The molecule has 0 aliphatic carbocycles. The third kappa shape index (κ3) is 1.93. The van der Waals surface area contributed by atoms with Gasteiger partial charge < -0.3 is 10.1 Å². The summed E-state index contributed by atoms with van der Waals surface area (Å²) in [6, 6.07) is 6.69. The van der Waals surface area contributed by atoms with Crippen molar-refractivity contribution < 1.29 is 4.74 Å². The van der Waals surface area contributed by atoms with Crippen LogP contribution in [0.15, 0.2) is 22.7 Å². The van der Waals surface area contributed by atoms with E-state index in [0.717, 1.165) is 16.8 Å². The van der Waals surface area contributed by atoms with Crippen LogP contribution in [0.4, 0.5) is 0 Å². The Morgan fingerprint density at radius 2 is 2.36 bits per heavy atom. The fraction of sp³-hybridized carbons (Fsp3) is 0.455. The molecule has 0 amide bonds. The molecule has 76 valence electrons. The molecule has 1 aromatic carbocycles. The largest absolute Gasteiger partial charge is 0.496 e. The molecule has 1 N–H and O–H groups in total. The molecule has 1 aliphatic heterocycles. The molecule has 0 bridgehead atoms. The Morgan fingerprint density at radius 3 is 3.00 bits per heavy atom. The van der Waals surface area contributed by atoms with Gasteiger partial charge >= 0.3 is 0 Å². The van der Waals surface area contributed by atoms with Gasteiger partial charge in [-0.25, -0.2) is 0 Å². The lowest BCUT2D eigenvalue weighted by Crippen LogP contribution is -2.13. The van der Waals surface area contributed by atoms with Crippen molar-refractivity contribution in [2.24, 2.45) is 0 Å². The summed E-state index contributed by atoms with van der Waals surface area (Å²) in [5.41, 5.74) is 1.27. The van der Waals surface area contributed by atoms with Crippen molar-refractivity contribution in [1.82, 2.24) is 5.32 Å². The highest BCUT2D eigenvalue weighted by Crippen LogP contribution is 2.32. The van der Waals surface area contributed by atoms with Gasteiger partial charge in [0.25, 0.3) is 0 Å². The lowest BCUT2D eigenvalue weighted by Gasteiger charge is -2.15. The maximum Gasteiger partial charge on any atom is 0.124 e. The van der Waals surface area contributed by atoms with E-state index in [2.05, 4.69) is 33.4 Å². The van der Waals surface area contributed by atoms with Gasteiger partial charge in [-0.2, -0.15) is 0 Å². The Hall–Kier alpha value is -0.540. The minimum Gasteiger partial charge on any atom is -0.496 e. The molecule has 0 radical (unpaired) electrons. The first-order valence-corrected chi connectivity index (χ1v) is 5.67. The highest BCUT2D eigenvalue weighted by atomic mass is 79.9. The van der Waals surface area contributed by atoms with E-state index in [1.54, 1.807) is 7.11 Å². The molecule has 0 spiro atoms. The van der Waals surface area contributed by atoms with Crippen LogP contribution in [0.3, 0.4) is 0 Å². The van der Waals surface area contributed by atoms with Crippen molar-refractivity contribution in [1.29, 1.82) is 0 Å². The van der Waals surface area contributed by atoms with Crippen LogP contribution in [0.2, 0.25) is 0 Å². The van der Waals surface area contributed by atoms with E-state index < -0.39 is 0 Å². The predicted molar refractivity (Wildman–Crippen MR) is 60.7 cm³/mol. The molecule has 0 saturated carbocycles. The first kappa shape index (κ1) is 9.99. The van der Waals surface area contributed by atoms with Crippen LogP contribution >= 0.6 is 15.9 Å². The number of nitrogens with one attached hydrogen (secondary N) is 1. The molecule has 1 fully saturated rings. The summed E-state index contributed by atoms with van der Waals surface area (Å²) in [5, 5.41) is 3.47. The van der Waals surface area contributed by atoms with Crippen LogP contribution in [-0.2, 0) is 0 Å². The van der Waals surface area contributed by atoms with Crippen LogP contribution < -0.4 is 10.1 Å². The molecule has 3 heteroatoms. The van der Waals surface area contributed by atoms with Crippen molar-refractivity contribution in [3.05, 3.63) is 28.2 Å². The summed E-state index contributed by atoms with van der Waals surface area (Å²) in [6.45, 7) is 1.11. The lowest BCUT2D eigenvalue weighted by atomic mass is 10.0. The number of hydrogen-bond acceptors (Lipinski definition) is 2. The Balaban J connectivity index is 2.31. The van der Waals surface area contributed by atoms with E-state index in [1.807, 2.05) is 6.07 Å². The average molecular weight is 256 g/mol. The maximum absolute atomic E-state index is 5.37. The standard InChI is InChI=1S/C11H14BrNO/c1-14-11-7-8(12)4-5-9(11)10-3-2-6-13-10/h4-5,7,10,13H,2-3,6H2,1H3/t10-/m1/s1. The van der Waals surface area contributed by atoms with Crippen molar-refractivity contribution in [2.45, 2.75) is 18.9 Å². The molecule has 2 nitrogen and oxygen atoms in total. The smallest absolute Gasteiger partial charge is 0.124 e. The van der Waals surface area contributed by atoms with Gasteiger partial charge in [0.15, 0.2) is 0 Å². The SMILES string of the molecule is COc1cc(Br)ccc1[C@H]1CCCN1. The molecule has 0 unspecified atom stereocenters. The summed E-state index contributed by atoms with van der Waals surface area (Å²) in [7, 11) is 1.72. The average Bonchev–Trinajstić information content (AvgIpc) is 2.70. The first-order valence-electron chi connectivity index (χ1n) is 4.88.